The zero-order valence-corrected chi connectivity index (χ0v) is 16.5. The summed E-state index contributed by atoms with van der Waals surface area (Å²) in [5.74, 6) is 0.259. The number of hydrogen-bond donors (Lipinski definition) is 0. The Balaban J connectivity index is 1.72. The first kappa shape index (κ1) is 20.0. The maximum atomic E-state index is 13.5. The molecular formula is C21H21ClFN3O2. The summed E-state index contributed by atoms with van der Waals surface area (Å²) >= 11 is 5.90. The molecule has 146 valence electrons. The van der Waals surface area contributed by atoms with E-state index >= 15 is 0 Å². The molecule has 0 N–H and O–H groups in total. The highest BCUT2D eigenvalue weighted by Gasteiger charge is 2.22. The highest BCUT2D eigenvalue weighted by atomic mass is 35.5. The minimum Gasteiger partial charge on any atom is -0.339 e. The van der Waals surface area contributed by atoms with Crippen LogP contribution in [0.3, 0.4) is 0 Å². The Hall–Kier alpha value is -2.73. The summed E-state index contributed by atoms with van der Waals surface area (Å²) in [7, 11) is 0. The summed E-state index contributed by atoms with van der Waals surface area (Å²) < 4.78 is 18.8. The van der Waals surface area contributed by atoms with Crippen LogP contribution in [0, 0.1) is 5.82 Å². The number of aromatic nitrogens is 2. The van der Waals surface area contributed by atoms with Gasteiger partial charge in [-0.15, -0.1) is 0 Å². The van der Waals surface area contributed by atoms with E-state index in [-0.39, 0.29) is 11.9 Å². The summed E-state index contributed by atoms with van der Waals surface area (Å²) in [4.78, 5) is 19.0. The van der Waals surface area contributed by atoms with Gasteiger partial charge in [-0.2, -0.15) is 4.98 Å². The van der Waals surface area contributed by atoms with Crippen LogP contribution in [0.1, 0.15) is 36.5 Å². The molecule has 3 rings (SSSR count). The van der Waals surface area contributed by atoms with E-state index < -0.39 is 5.82 Å². The Morgan fingerprint density at radius 1 is 1.25 bits per heavy atom. The fraction of sp³-hybridized carbons (Fsp3) is 0.286. The highest BCUT2D eigenvalue weighted by molar-refractivity contribution is 6.30. The monoisotopic (exact) mass is 401 g/mol. The molecule has 0 fully saturated rings. The molecule has 0 saturated heterocycles. The second-order valence-electron chi connectivity index (χ2n) is 6.53. The van der Waals surface area contributed by atoms with Crippen molar-refractivity contribution in [1.29, 1.82) is 0 Å². The van der Waals surface area contributed by atoms with Gasteiger partial charge in [0.1, 0.15) is 5.82 Å². The molecule has 0 bridgehead atoms. The van der Waals surface area contributed by atoms with E-state index in [0.29, 0.717) is 35.3 Å². The van der Waals surface area contributed by atoms with E-state index in [1.807, 2.05) is 26.0 Å². The van der Waals surface area contributed by atoms with Crippen molar-refractivity contribution in [3.63, 3.8) is 0 Å². The van der Waals surface area contributed by atoms with Crippen LogP contribution < -0.4 is 0 Å². The molecule has 0 saturated carbocycles. The lowest BCUT2D eigenvalue weighted by atomic mass is 10.1. The van der Waals surface area contributed by atoms with Crippen LogP contribution in [0.5, 0.6) is 0 Å². The minimum atomic E-state index is -0.431. The summed E-state index contributed by atoms with van der Waals surface area (Å²) in [6.07, 6.45) is 1.19. The number of nitrogens with zero attached hydrogens (tertiary/aromatic N) is 3. The van der Waals surface area contributed by atoms with Crippen molar-refractivity contribution in [2.24, 2.45) is 0 Å². The molecule has 0 spiro atoms. The third-order valence-electron chi connectivity index (χ3n) is 4.59. The van der Waals surface area contributed by atoms with Gasteiger partial charge in [0.25, 0.3) is 5.91 Å². The van der Waals surface area contributed by atoms with E-state index in [4.69, 9.17) is 16.1 Å². The van der Waals surface area contributed by atoms with Crippen LogP contribution in [0.4, 0.5) is 4.39 Å². The van der Waals surface area contributed by atoms with Crippen molar-refractivity contribution in [3.05, 3.63) is 70.8 Å². The fourth-order valence-corrected chi connectivity index (χ4v) is 2.94. The smallest absolute Gasteiger partial charge is 0.254 e. The van der Waals surface area contributed by atoms with Gasteiger partial charge >= 0.3 is 0 Å². The average molecular weight is 402 g/mol. The first-order chi connectivity index (χ1) is 13.5. The number of carbonyl (C=O) groups is 1. The van der Waals surface area contributed by atoms with Crippen molar-refractivity contribution < 1.29 is 13.7 Å². The van der Waals surface area contributed by atoms with Gasteiger partial charge in [-0.1, -0.05) is 29.7 Å². The molecule has 0 radical (unpaired) electrons. The molecule has 28 heavy (non-hydrogen) atoms. The van der Waals surface area contributed by atoms with Crippen LogP contribution in [-0.2, 0) is 6.42 Å². The quantitative estimate of drug-likeness (QED) is 0.558. The Morgan fingerprint density at radius 2 is 2.00 bits per heavy atom. The Labute approximate surface area is 168 Å². The topological polar surface area (TPSA) is 59.2 Å². The van der Waals surface area contributed by atoms with E-state index in [1.165, 1.54) is 18.2 Å². The summed E-state index contributed by atoms with van der Waals surface area (Å²) in [6, 6.07) is 12.9. The number of amides is 1. The molecular weight excluding hydrogens is 381 g/mol. The van der Waals surface area contributed by atoms with Crippen LogP contribution >= 0.6 is 11.6 Å². The summed E-state index contributed by atoms with van der Waals surface area (Å²) in [5.41, 5.74) is 1.13. The lowest BCUT2D eigenvalue weighted by Gasteiger charge is -2.28. The van der Waals surface area contributed by atoms with Gasteiger partial charge < -0.3 is 9.42 Å². The molecule has 1 heterocycles. The maximum Gasteiger partial charge on any atom is 0.254 e. The van der Waals surface area contributed by atoms with Gasteiger partial charge in [-0.3, -0.25) is 4.79 Å². The summed E-state index contributed by atoms with van der Waals surface area (Å²) in [5, 5.41) is 4.62. The zero-order valence-electron chi connectivity index (χ0n) is 15.7. The van der Waals surface area contributed by atoms with Crippen molar-refractivity contribution >= 4 is 17.5 Å². The molecule has 0 aliphatic heterocycles. The van der Waals surface area contributed by atoms with Crippen molar-refractivity contribution in [3.8, 4) is 11.4 Å². The summed E-state index contributed by atoms with van der Waals surface area (Å²) in [6.45, 7) is 4.36. The van der Waals surface area contributed by atoms with E-state index in [1.54, 1.807) is 23.1 Å². The van der Waals surface area contributed by atoms with Gasteiger partial charge in [0.15, 0.2) is 0 Å². The SMILES string of the molecule is CC[C@H](C)N(CCc1nc(-c2ccc(Cl)cc2)no1)C(=O)c1cccc(F)c1. The molecule has 0 unspecified atom stereocenters. The van der Waals surface area contributed by atoms with Gasteiger partial charge in [-0.25, -0.2) is 4.39 Å². The highest BCUT2D eigenvalue weighted by Crippen LogP contribution is 2.19. The van der Waals surface area contributed by atoms with Crippen molar-refractivity contribution in [2.45, 2.75) is 32.7 Å². The van der Waals surface area contributed by atoms with E-state index in [2.05, 4.69) is 10.1 Å². The predicted molar refractivity (Wildman–Crippen MR) is 106 cm³/mol. The number of benzene rings is 2. The molecule has 0 aliphatic carbocycles. The van der Waals surface area contributed by atoms with Gasteiger partial charge in [0, 0.05) is 35.2 Å². The van der Waals surface area contributed by atoms with Crippen molar-refractivity contribution in [2.75, 3.05) is 6.54 Å². The van der Waals surface area contributed by atoms with E-state index in [9.17, 15) is 9.18 Å². The molecule has 0 aliphatic rings. The molecule has 1 aromatic heterocycles. The first-order valence-corrected chi connectivity index (χ1v) is 9.50. The molecule has 5 nitrogen and oxygen atoms in total. The van der Waals surface area contributed by atoms with Gasteiger partial charge in [0.05, 0.1) is 0 Å². The maximum absolute atomic E-state index is 13.5. The lowest BCUT2D eigenvalue weighted by Crippen LogP contribution is -2.39. The number of halogens is 2. The minimum absolute atomic E-state index is 0.00516. The number of hydrogen-bond acceptors (Lipinski definition) is 4. The molecule has 7 heteroatoms. The van der Waals surface area contributed by atoms with Gasteiger partial charge in [0.2, 0.25) is 11.7 Å². The van der Waals surface area contributed by atoms with Crippen LogP contribution in [-0.4, -0.2) is 33.5 Å². The second-order valence-corrected chi connectivity index (χ2v) is 6.97. The molecule has 1 atom stereocenters. The van der Waals surface area contributed by atoms with Crippen LogP contribution in [0.2, 0.25) is 5.02 Å². The predicted octanol–water partition coefficient (Wildman–Crippen LogP) is 5.01. The Kier molecular flexibility index (Phi) is 6.41. The fourth-order valence-electron chi connectivity index (χ4n) is 2.82. The normalized spacial score (nSPS) is 12.0. The standard InChI is InChI=1S/C21H21ClFN3O2/c1-3-14(2)26(21(27)16-5-4-6-18(23)13-16)12-11-19-24-20(25-28-19)15-7-9-17(22)10-8-15/h4-10,13-14H,3,11-12H2,1-2H3/t14-/m0/s1. The van der Waals surface area contributed by atoms with Gasteiger partial charge in [-0.05, 0) is 55.8 Å². The lowest BCUT2D eigenvalue weighted by molar-refractivity contribution is 0.0686. The largest absolute Gasteiger partial charge is 0.339 e. The Morgan fingerprint density at radius 3 is 2.68 bits per heavy atom. The number of rotatable bonds is 7. The number of carbonyl (C=O) groups excluding carboxylic acids is 1. The van der Waals surface area contributed by atoms with Crippen LogP contribution in [0.25, 0.3) is 11.4 Å². The van der Waals surface area contributed by atoms with Crippen molar-refractivity contribution in [1.82, 2.24) is 15.0 Å². The third kappa shape index (κ3) is 4.75. The second kappa shape index (κ2) is 8.97. The van der Waals surface area contributed by atoms with Crippen LogP contribution in [0.15, 0.2) is 53.1 Å². The zero-order chi connectivity index (χ0) is 20.1. The van der Waals surface area contributed by atoms with E-state index in [0.717, 1.165) is 12.0 Å². The molecule has 3 aromatic rings. The third-order valence-corrected chi connectivity index (χ3v) is 4.84. The molecule has 1 amide bonds. The first-order valence-electron chi connectivity index (χ1n) is 9.13. The Bertz CT molecular complexity index is 943. The molecule has 2 aromatic carbocycles. The average Bonchev–Trinajstić information content (AvgIpc) is 3.17.